The smallest absolute Gasteiger partial charge is 0.259 e. The predicted molar refractivity (Wildman–Crippen MR) is 74.4 cm³/mol. The highest BCUT2D eigenvalue weighted by molar-refractivity contribution is 7.89. The number of ether oxygens (including phenoxy) is 1. The van der Waals surface area contributed by atoms with Crippen molar-refractivity contribution in [3.8, 4) is 0 Å². The summed E-state index contributed by atoms with van der Waals surface area (Å²) in [6, 6.07) is 5.20. The van der Waals surface area contributed by atoms with Gasteiger partial charge in [0, 0.05) is 19.3 Å². The van der Waals surface area contributed by atoms with Gasteiger partial charge in [-0.25, -0.2) is 18.1 Å². The van der Waals surface area contributed by atoms with E-state index in [1.165, 1.54) is 4.40 Å². The number of pyridine rings is 1. The lowest BCUT2D eigenvalue weighted by molar-refractivity contribution is 0.114. The number of imidazole rings is 1. The molecule has 1 fully saturated rings. The molecule has 8 heteroatoms. The monoisotopic (exact) mass is 315 g/mol. The molecule has 1 atom stereocenters. The van der Waals surface area contributed by atoms with Crippen LogP contribution < -0.4 is 4.72 Å². The number of nitrogens with zero attached hydrogens (tertiary/aromatic N) is 2. The van der Waals surface area contributed by atoms with E-state index in [0.717, 1.165) is 12.8 Å². The van der Waals surface area contributed by atoms with Crippen LogP contribution in [0.5, 0.6) is 0 Å². The van der Waals surface area contributed by atoms with Crippen molar-refractivity contribution in [2.75, 3.05) is 13.2 Å². The zero-order valence-electron chi connectivity index (χ0n) is 10.6. The van der Waals surface area contributed by atoms with Gasteiger partial charge in [0.15, 0.2) is 10.2 Å². The van der Waals surface area contributed by atoms with Crippen molar-refractivity contribution in [2.45, 2.75) is 24.0 Å². The topological polar surface area (TPSA) is 72.7 Å². The van der Waals surface area contributed by atoms with E-state index in [2.05, 4.69) is 9.71 Å². The highest BCUT2D eigenvalue weighted by Gasteiger charge is 2.26. The molecule has 0 amide bonds. The van der Waals surface area contributed by atoms with Gasteiger partial charge in [0.05, 0.1) is 6.10 Å². The fourth-order valence-corrected chi connectivity index (χ4v) is 3.97. The minimum atomic E-state index is -3.72. The van der Waals surface area contributed by atoms with Crippen LogP contribution in [0.4, 0.5) is 0 Å². The third kappa shape index (κ3) is 2.54. The van der Waals surface area contributed by atoms with E-state index in [-0.39, 0.29) is 22.8 Å². The second-order valence-electron chi connectivity index (χ2n) is 4.62. The molecule has 0 aromatic carbocycles. The molecule has 6 nitrogen and oxygen atoms in total. The molecule has 1 N–H and O–H groups in total. The Bertz CT molecular complexity index is 723. The van der Waals surface area contributed by atoms with Gasteiger partial charge in [0.2, 0.25) is 0 Å². The second-order valence-corrected chi connectivity index (χ2v) is 6.66. The van der Waals surface area contributed by atoms with Crippen molar-refractivity contribution in [1.82, 2.24) is 14.1 Å². The molecule has 0 radical (unpaired) electrons. The van der Waals surface area contributed by atoms with Gasteiger partial charge in [-0.1, -0.05) is 17.7 Å². The summed E-state index contributed by atoms with van der Waals surface area (Å²) < 4.78 is 34.1. The Morgan fingerprint density at radius 2 is 2.35 bits per heavy atom. The summed E-state index contributed by atoms with van der Waals surface area (Å²) in [4.78, 5) is 4.04. The van der Waals surface area contributed by atoms with Crippen molar-refractivity contribution in [3.05, 3.63) is 29.5 Å². The highest BCUT2D eigenvalue weighted by atomic mass is 35.5. The number of aromatic nitrogens is 2. The van der Waals surface area contributed by atoms with Crippen LogP contribution >= 0.6 is 11.6 Å². The van der Waals surface area contributed by atoms with E-state index in [0.29, 0.717) is 12.3 Å². The fraction of sp³-hybridized carbons (Fsp3) is 0.417. The van der Waals surface area contributed by atoms with Crippen LogP contribution in [0.2, 0.25) is 5.15 Å². The Morgan fingerprint density at radius 1 is 1.50 bits per heavy atom. The van der Waals surface area contributed by atoms with E-state index in [1.54, 1.807) is 24.4 Å². The molecule has 1 aliphatic rings. The Kier molecular flexibility index (Phi) is 3.68. The van der Waals surface area contributed by atoms with Crippen LogP contribution in [0.1, 0.15) is 12.8 Å². The molecule has 3 heterocycles. The lowest BCUT2D eigenvalue weighted by Gasteiger charge is -2.11. The normalized spacial score (nSPS) is 19.8. The van der Waals surface area contributed by atoms with E-state index < -0.39 is 10.0 Å². The number of hydrogen-bond donors (Lipinski definition) is 1. The Morgan fingerprint density at radius 3 is 3.10 bits per heavy atom. The van der Waals surface area contributed by atoms with Gasteiger partial charge in [-0.15, -0.1) is 0 Å². The SMILES string of the molecule is O=S(=O)(NCC1CCCO1)c1c(Cl)nc2ccccn12. The Hall–Kier alpha value is -1.15. The Labute approximate surface area is 121 Å². The molecule has 0 spiro atoms. The number of rotatable bonds is 4. The zero-order valence-corrected chi connectivity index (χ0v) is 12.2. The lowest BCUT2D eigenvalue weighted by atomic mass is 10.2. The molecule has 1 unspecified atom stereocenters. The largest absolute Gasteiger partial charge is 0.377 e. The molecule has 2 aromatic rings. The number of hydrogen-bond acceptors (Lipinski definition) is 4. The summed E-state index contributed by atoms with van der Waals surface area (Å²) in [6.45, 7) is 0.932. The first-order chi connectivity index (χ1) is 9.58. The maximum atomic E-state index is 12.4. The van der Waals surface area contributed by atoms with Gasteiger partial charge >= 0.3 is 0 Å². The van der Waals surface area contributed by atoms with E-state index >= 15 is 0 Å². The first kappa shape index (κ1) is 13.8. The summed E-state index contributed by atoms with van der Waals surface area (Å²) in [6.07, 6.45) is 3.38. The first-order valence-corrected chi connectivity index (χ1v) is 8.18. The molecule has 1 saturated heterocycles. The summed E-state index contributed by atoms with van der Waals surface area (Å²) in [5.41, 5.74) is 0.495. The standard InChI is InChI=1S/C12H14ClN3O3S/c13-11-12(16-6-2-1-5-10(16)15-11)20(17,18)14-8-9-4-3-7-19-9/h1-2,5-6,9,14H,3-4,7-8H2. The van der Waals surface area contributed by atoms with Gasteiger partial charge in [0.25, 0.3) is 10.0 Å². The molecular formula is C12H14ClN3O3S. The fourth-order valence-electron chi connectivity index (χ4n) is 2.26. The van der Waals surface area contributed by atoms with Crippen LogP contribution in [0.15, 0.2) is 29.4 Å². The maximum Gasteiger partial charge on any atom is 0.259 e. The second kappa shape index (κ2) is 5.33. The molecule has 2 aromatic heterocycles. The van der Waals surface area contributed by atoms with Crippen LogP contribution in [0.3, 0.4) is 0 Å². The van der Waals surface area contributed by atoms with E-state index in [4.69, 9.17) is 16.3 Å². The van der Waals surface area contributed by atoms with Crippen molar-refractivity contribution in [3.63, 3.8) is 0 Å². The number of halogens is 1. The van der Waals surface area contributed by atoms with Crippen LogP contribution in [0.25, 0.3) is 5.65 Å². The van der Waals surface area contributed by atoms with E-state index in [9.17, 15) is 8.42 Å². The first-order valence-electron chi connectivity index (χ1n) is 6.32. The molecule has 0 bridgehead atoms. The molecule has 3 rings (SSSR count). The number of nitrogens with one attached hydrogen (secondary N) is 1. The van der Waals surface area contributed by atoms with Gasteiger partial charge in [-0.05, 0) is 25.0 Å². The van der Waals surface area contributed by atoms with Crippen LogP contribution in [-0.2, 0) is 14.8 Å². The maximum absolute atomic E-state index is 12.4. The average molecular weight is 316 g/mol. The summed E-state index contributed by atoms with van der Waals surface area (Å²) in [5.74, 6) is 0. The summed E-state index contributed by atoms with van der Waals surface area (Å²) in [5, 5.41) is -0.0659. The number of fused-ring (bicyclic) bond motifs is 1. The quantitative estimate of drug-likeness (QED) is 0.926. The lowest BCUT2D eigenvalue weighted by Crippen LogP contribution is -2.32. The molecular weight excluding hydrogens is 302 g/mol. The highest BCUT2D eigenvalue weighted by Crippen LogP contribution is 2.22. The third-order valence-corrected chi connectivity index (χ3v) is 5.05. The van der Waals surface area contributed by atoms with E-state index in [1.807, 2.05) is 0 Å². The van der Waals surface area contributed by atoms with Gasteiger partial charge in [-0.2, -0.15) is 0 Å². The molecule has 0 saturated carbocycles. The predicted octanol–water partition coefficient (Wildman–Crippen LogP) is 1.44. The van der Waals surface area contributed by atoms with Gasteiger partial charge < -0.3 is 4.74 Å². The minimum absolute atomic E-state index is 0.0314. The van der Waals surface area contributed by atoms with Crippen LogP contribution in [0, 0.1) is 0 Å². The van der Waals surface area contributed by atoms with Crippen molar-refractivity contribution < 1.29 is 13.2 Å². The minimum Gasteiger partial charge on any atom is -0.377 e. The molecule has 20 heavy (non-hydrogen) atoms. The van der Waals surface area contributed by atoms with Gasteiger partial charge in [0.1, 0.15) is 5.65 Å². The molecule has 0 aliphatic carbocycles. The molecule has 1 aliphatic heterocycles. The third-order valence-electron chi connectivity index (χ3n) is 3.23. The van der Waals surface area contributed by atoms with Crippen molar-refractivity contribution in [1.29, 1.82) is 0 Å². The van der Waals surface area contributed by atoms with Gasteiger partial charge in [-0.3, -0.25) is 4.40 Å². The number of sulfonamides is 1. The Balaban J connectivity index is 1.90. The van der Waals surface area contributed by atoms with Crippen molar-refractivity contribution in [2.24, 2.45) is 0 Å². The van der Waals surface area contributed by atoms with Crippen LogP contribution in [-0.4, -0.2) is 37.1 Å². The van der Waals surface area contributed by atoms with Crippen molar-refractivity contribution >= 4 is 27.3 Å². The summed E-state index contributed by atoms with van der Waals surface area (Å²) in [7, 11) is -3.72. The average Bonchev–Trinajstić information content (AvgIpc) is 3.02. The molecule has 108 valence electrons. The summed E-state index contributed by atoms with van der Waals surface area (Å²) >= 11 is 5.97. The zero-order chi connectivity index (χ0) is 14.2.